The predicted octanol–water partition coefficient (Wildman–Crippen LogP) is 2.02. The number of methoxy groups -OCH3 is 1. The molecule has 0 saturated heterocycles. The van der Waals surface area contributed by atoms with Gasteiger partial charge in [0.05, 0.1) is 7.11 Å². The Morgan fingerprint density at radius 1 is 1.21 bits per heavy atom. The summed E-state index contributed by atoms with van der Waals surface area (Å²) in [4.78, 5) is 55.0. The van der Waals surface area contributed by atoms with Crippen molar-refractivity contribution >= 4 is 41.1 Å². The van der Waals surface area contributed by atoms with E-state index in [1.807, 2.05) is 0 Å². The van der Waals surface area contributed by atoms with Gasteiger partial charge in [-0.1, -0.05) is 36.9 Å². The SMILES string of the molecule is CCC(=O)Nc1nc(S[C@H](C)C(=O)OC)[nH]c(=O)c1NC(=O)c1ccccc1. The molecule has 1 atom stereocenters. The number of rotatable bonds is 7. The van der Waals surface area contributed by atoms with Gasteiger partial charge in [-0.3, -0.25) is 24.2 Å². The first-order chi connectivity index (χ1) is 13.3. The Labute approximate surface area is 165 Å². The second-order valence-electron chi connectivity index (χ2n) is 5.60. The number of ether oxygens (including phenoxy) is 1. The molecule has 3 N–H and O–H groups in total. The number of hydrogen-bond donors (Lipinski definition) is 3. The molecule has 0 fully saturated rings. The lowest BCUT2D eigenvalue weighted by Crippen LogP contribution is -2.25. The lowest BCUT2D eigenvalue weighted by molar-refractivity contribution is -0.139. The molecule has 2 amide bonds. The monoisotopic (exact) mass is 404 g/mol. The molecule has 0 unspecified atom stereocenters. The Kier molecular flexibility index (Phi) is 7.33. The molecule has 0 bridgehead atoms. The first-order valence-electron chi connectivity index (χ1n) is 8.40. The summed E-state index contributed by atoms with van der Waals surface area (Å²) in [6, 6.07) is 8.30. The number of anilines is 2. The molecule has 1 aromatic heterocycles. The molecule has 10 heteroatoms. The zero-order valence-electron chi connectivity index (χ0n) is 15.6. The fraction of sp³-hybridized carbons (Fsp3) is 0.278. The van der Waals surface area contributed by atoms with Crippen LogP contribution >= 0.6 is 11.8 Å². The van der Waals surface area contributed by atoms with Gasteiger partial charge in [-0.25, -0.2) is 4.98 Å². The summed E-state index contributed by atoms with van der Waals surface area (Å²) in [6.07, 6.45) is 0.154. The topological polar surface area (TPSA) is 130 Å². The molecule has 1 aromatic carbocycles. The van der Waals surface area contributed by atoms with Crippen molar-refractivity contribution < 1.29 is 19.1 Å². The molecule has 1 heterocycles. The highest BCUT2D eigenvalue weighted by Crippen LogP contribution is 2.23. The van der Waals surface area contributed by atoms with Crippen molar-refractivity contribution in [1.29, 1.82) is 0 Å². The third-order valence-electron chi connectivity index (χ3n) is 3.57. The number of nitrogens with zero attached hydrogens (tertiary/aromatic N) is 1. The van der Waals surface area contributed by atoms with Gasteiger partial charge in [-0.2, -0.15) is 0 Å². The number of carbonyl (C=O) groups excluding carboxylic acids is 3. The van der Waals surface area contributed by atoms with Crippen LogP contribution < -0.4 is 16.2 Å². The summed E-state index contributed by atoms with van der Waals surface area (Å²) in [6.45, 7) is 3.23. The highest BCUT2D eigenvalue weighted by molar-refractivity contribution is 8.00. The quantitative estimate of drug-likeness (QED) is 0.366. The van der Waals surface area contributed by atoms with Crippen molar-refractivity contribution in [3.8, 4) is 0 Å². The number of carbonyl (C=O) groups is 3. The molecule has 0 aliphatic rings. The average molecular weight is 404 g/mol. The van der Waals surface area contributed by atoms with E-state index in [1.54, 1.807) is 44.2 Å². The Hall–Kier alpha value is -3.14. The van der Waals surface area contributed by atoms with E-state index in [1.165, 1.54) is 7.11 Å². The molecule has 0 saturated carbocycles. The van der Waals surface area contributed by atoms with E-state index in [0.717, 1.165) is 11.8 Å². The molecule has 0 spiro atoms. The maximum Gasteiger partial charge on any atom is 0.318 e. The first-order valence-corrected chi connectivity index (χ1v) is 9.28. The van der Waals surface area contributed by atoms with E-state index in [-0.39, 0.29) is 29.0 Å². The minimum Gasteiger partial charge on any atom is -0.468 e. The maximum absolute atomic E-state index is 12.5. The van der Waals surface area contributed by atoms with Crippen molar-refractivity contribution in [2.75, 3.05) is 17.7 Å². The van der Waals surface area contributed by atoms with Crippen LogP contribution in [-0.2, 0) is 14.3 Å². The van der Waals surface area contributed by atoms with Gasteiger partial charge in [-0.15, -0.1) is 0 Å². The zero-order chi connectivity index (χ0) is 20.7. The third-order valence-corrected chi connectivity index (χ3v) is 4.54. The zero-order valence-corrected chi connectivity index (χ0v) is 16.4. The fourth-order valence-electron chi connectivity index (χ4n) is 2.09. The van der Waals surface area contributed by atoms with Crippen molar-refractivity contribution in [2.24, 2.45) is 0 Å². The van der Waals surface area contributed by atoms with Crippen LogP contribution in [0.1, 0.15) is 30.6 Å². The molecular formula is C18H20N4O5S. The molecular weight excluding hydrogens is 384 g/mol. The van der Waals surface area contributed by atoms with E-state index < -0.39 is 22.7 Å². The highest BCUT2D eigenvalue weighted by atomic mass is 32.2. The highest BCUT2D eigenvalue weighted by Gasteiger charge is 2.20. The van der Waals surface area contributed by atoms with Crippen LogP contribution in [0.2, 0.25) is 0 Å². The summed E-state index contributed by atoms with van der Waals surface area (Å²) >= 11 is 0.958. The number of esters is 1. The van der Waals surface area contributed by atoms with Crippen LogP contribution in [0, 0.1) is 0 Å². The summed E-state index contributed by atoms with van der Waals surface area (Å²) < 4.78 is 4.65. The predicted molar refractivity (Wildman–Crippen MR) is 106 cm³/mol. The standard InChI is InChI=1S/C18H20N4O5S/c1-4-12(23)19-14-13(20-15(24)11-8-6-5-7-9-11)16(25)22-18(21-14)28-10(2)17(26)27-3/h5-10H,4H2,1-3H3,(H,20,24)(H2,19,21,22,23,25)/t10-/m1/s1. The number of benzene rings is 1. The number of nitrogens with one attached hydrogen (secondary N) is 3. The lowest BCUT2D eigenvalue weighted by atomic mass is 10.2. The normalized spacial score (nSPS) is 11.4. The van der Waals surface area contributed by atoms with Gasteiger partial charge in [0.25, 0.3) is 11.5 Å². The van der Waals surface area contributed by atoms with Crippen LogP contribution in [0.25, 0.3) is 0 Å². The van der Waals surface area contributed by atoms with E-state index in [9.17, 15) is 19.2 Å². The van der Waals surface area contributed by atoms with E-state index in [4.69, 9.17) is 0 Å². The number of aromatic amines is 1. The molecule has 0 aliphatic heterocycles. The number of aromatic nitrogens is 2. The maximum atomic E-state index is 12.5. The molecule has 0 aliphatic carbocycles. The number of hydrogen-bond acceptors (Lipinski definition) is 7. The Balaban J connectivity index is 2.37. The minimum absolute atomic E-state index is 0.0977. The molecule has 2 aromatic rings. The Bertz CT molecular complexity index is 929. The second-order valence-corrected chi connectivity index (χ2v) is 6.93. The second kappa shape index (κ2) is 9.70. The number of thioether (sulfide) groups is 1. The number of H-pyrrole nitrogens is 1. The summed E-state index contributed by atoms with van der Waals surface area (Å²) in [5.41, 5.74) is -0.511. The molecule has 28 heavy (non-hydrogen) atoms. The Morgan fingerprint density at radius 3 is 2.50 bits per heavy atom. The summed E-state index contributed by atoms with van der Waals surface area (Å²) in [7, 11) is 1.25. The molecule has 0 radical (unpaired) electrons. The fourth-order valence-corrected chi connectivity index (χ4v) is 2.91. The van der Waals surface area contributed by atoms with Crippen LogP contribution in [0.3, 0.4) is 0 Å². The van der Waals surface area contributed by atoms with Gasteiger partial charge >= 0.3 is 5.97 Å². The Morgan fingerprint density at radius 2 is 1.89 bits per heavy atom. The van der Waals surface area contributed by atoms with Crippen LogP contribution in [0.15, 0.2) is 40.3 Å². The van der Waals surface area contributed by atoms with Gasteiger partial charge in [0.1, 0.15) is 5.25 Å². The first kappa shape index (κ1) is 21.2. The van der Waals surface area contributed by atoms with E-state index in [0.29, 0.717) is 5.56 Å². The van der Waals surface area contributed by atoms with E-state index in [2.05, 4.69) is 25.3 Å². The third kappa shape index (κ3) is 5.43. The van der Waals surface area contributed by atoms with Gasteiger partial charge in [0, 0.05) is 12.0 Å². The minimum atomic E-state index is -0.662. The largest absolute Gasteiger partial charge is 0.468 e. The van der Waals surface area contributed by atoms with Gasteiger partial charge in [-0.05, 0) is 19.1 Å². The summed E-state index contributed by atoms with van der Waals surface area (Å²) in [5.74, 6) is -1.50. The van der Waals surface area contributed by atoms with Gasteiger partial charge in [0.15, 0.2) is 16.7 Å². The van der Waals surface area contributed by atoms with Crippen molar-refractivity contribution in [2.45, 2.75) is 30.7 Å². The van der Waals surface area contributed by atoms with Crippen LogP contribution in [0.5, 0.6) is 0 Å². The van der Waals surface area contributed by atoms with Crippen molar-refractivity contribution in [3.63, 3.8) is 0 Å². The van der Waals surface area contributed by atoms with Crippen LogP contribution in [-0.4, -0.2) is 40.1 Å². The lowest BCUT2D eigenvalue weighted by Gasteiger charge is -2.13. The molecule has 2 rings (SSSR count). The van der Waals surface area contributed by atoms with Gasteiger partial charge in [0.2, 0.25) is 5.91 Å². The van der Waals surface area contributed by atoms with Gasteiger partial charge < -0.3 is 15.4 Å². The number of amides is 2. The van der Waals surface area contributed by atoms with Crippen molar-refractivity contribution in [1.82, 2.24) is 9.97 Å². The van der Waals surface area contributed by atoms with E-state index >= 15 is 0 Å². The molecule has 9 nitrogen and oxygen atoms in total. The summed E-state index contributed by atoms with van der Waals surface area (Å²) in [5, 5.41) is 4.45. The van der Waals surface area contributed by atoms with Crippen LogP contribution in [0.4, 0.5) is 11.5 Å². The smallest absolute Gasteiger partial charge is 0.318 e. The molecule has 148 valence electrons. The van der Waals surface area contributed by atoms with Crippen molar-refractivity contribution in [3.05, 3.63) is 46.2 Å². The average Bonchev–Trinajstić information content (AvgIpc) is 2.70.